The second-order valence-electron chi connectivity index (χ2n) is 4.86. The van der Waals surface area contributed by atoms with Gasteiger partial charge in [0.1, 0.15) is 11.6 Å². The number of hydrogen-bond acceptors (Lipinski definition) is 3. The van der Waals surface area contributed by atoms with Crippen LogP contribution in [0, 0.1) is 11.6 Å². The monoisotopic (exact) mass is 370 g/mol. The smallest absolute Gasteiger partial charge is 0.145 e. The predicted octanol–water partition coefficient (Wildman–Crippen LogP) is 4.12. The molecule has 0 radical (unpaired) electrons. The standard InChI is InChI=1S/C15H13BrF2N2S/c16-10-5-6-11(17)13(14(10)18)15(20-19)9-7-21-12-4-2-1-3-8(9)12/h1-6,9,15,20H,7,19H2. The molecular formula is C15H13BrF2N2S. The molecule has 0 aromatic heterocycles. The number of rotatable bonds is 3. The van der Waals surface area contributed by atoms with E-state index in [4.69, 9.17) is 5.84 Å². The number of fused-ring (bicyclic) bond motifs is 1. The summed E-state index contributed by atoms with van der Waals surface area (Å²) in [5, 5.41) is 0. The molecule has 0 bridgehead atoms. The Morgan fingerprint density at radius 3 is 2.76 bits per heavy atom. The zero-order valence-corrected chi connectivity index (χ0v) is 13.3. The van der Waals surface area contributed by atoms with Crippen LogP contribution in [0.4, 0.5) is 8.78 Å². The van der Waals surface area contributed by atoms with Gasteiger partial charge < -0.3 is 0 Å². The van der Waals surface area contributed by atoms with Crippen molar-refractivity contribution in [1.29, 1.82) is 0 Å². The average Bonchev–Trinajstić information content (AvgIpc) is 2.91. The first-order valence-corrected chi connectivity index (χ1v) is 8.22. The Balaban J connectivity index is 2.07. The minimum atomic E-state index is -0.612. The number of hydrogen-bond donors (Lipinski definition) is 2. The number of nitrogens with one attached hydrogen (secondary N) is 1. The van der Waals surface area contributed by atoms with Crippen molar-refractivity contribution in [3.8, 4) is 0 Å². The zero-order valence-electron chi connectivity index (χ0n) is 10.9. The fraction of sp³-hybridized carbons (Fsp3) is 0.200. The Hall–Kier alpha value is -0.950. The molecule has 0 amide bonds. The summed E-state index contributed by atoms with van der Waals surface area (Å²) in [5.41, 5.74) is 3.65. The zero-order chi connectivity index (χ0) is 15.0. The van der Waals surface area contributed by atoms with Gasteiger partial charge in [0.15, 0.2) is 0 Å². The van der Waals surface area contributed by atoms with Crippen molar-refractivity contribution >= 4 is 27.7 Å². The lowest BCUT2D eigenvalue weighted by Gasteiger charge is -2.24. The van der Waals surface area contributed by atoms with E-state index in [1.807, 2.05) is 24.3 Å². The van der Waals surface area contributed by atoms with Gasteiger partial charge in [-0.05, 0) is 39.7 Å². The SMILES string of the molecule is NNC(c1c(F)ccc(Br)c1F)C1CSc2ccccc21. The van der Waals surface area contributed by atoms with Crippen LogP contribution >= 0.6 is 27.7 Å². The molecule has 0 aliphatic carbocycles. The maximum atomic E-state index is 14.3. The lowest BCUT2D eigenvalue weighted by molar-refractivity contribution is 0.432. The minimum absolute atomic E-state index is 0.0193. The summed E-state index contributed by atoms with van der Waals surface area (Å²) < 4.78 is 28.7. The molecule has 6 heteroatoms. The molecule has 0 saturated carbocycles. The largest absolute Gasteiger partial charge is 0.271 e. The third-order valence-corrected chi connectivity index (χ3v) is 5.53. The van der Waals surface area contributed by atoms with Crippen LogP contribution in [0.25, 0.3) is 0 Å². The molecule has 1 heterocycles. The average molecular weight is 371 g/mol. The number of thioether (sulfide) groups is 1. The van der Waals surface area contributed by atoms with Crippen LogP contribution in [0.2, 0.25) is 0 Å². The van der Waals surface area contributed by atoms with E-state index >= 15 is 0 Å². The Kier molecular flexibility index (Phi) is 4.31. The summed E-state index contributed by atoms with van der Waals surface area (Å²) in [6.07, 6.45) is 0. The predicted molar refractivity (Wildman–Crippen MR) is 84.0 cm³/mol. The second kappa shape index (κ2) is 6.04. The van der Waals surface area contributed by atoms with E-state index in [1.165, 1.54) is 12.1 Å². The molecule has 1 aliphatic heterocycles. The molecule has 2 aromatic rings. The van der Waals surface area contributed by atoms with E-state index in [2.05, 4.69) is 21.4 Å². The van der Waals surface area contributed by atoms with Crippen LogP contribution in [0.5, 0.6) is 0 Å². The van der Waals surface area contributed by atoms with Crippen molar-refractivity contribution < 1.29 is 8.78 Å². The number of benzene rings is 2. The van der Waals surface area contributed by atoms with E-state index in [0.29, 0.717) is 0 Å². The van der Waals surface area contributed by atoms with Gasteiger partial charge in [-0.25, -0.2) is 8.78 Å². The van der Waals surface area contributed by atoms with E-state index in [-0.39, 0.29) is 16.0 Å². The van der Waals surface area contributed by atoms with E-state index < -0.39 is 17.7 Å². The molecule has 21 heavy (non-hydrogen) atoms. The number of halogens is 3. The van der Waals surface area contributed by atoms with Gasteiger partial charge in [0.25, 0.3) is 0 Å². The van der Waals surface area contributed by atoms with E-state index in [0.717, 1.165) is 16.2 Å². The van der Waals surface area contributed by atoms with E-state index in [1.54, 1.807) is 11.8 Å². The normalized spacial score (nSPS) is 18.6. The van der Waals surface area contributed by atoms with Crippen LogP contribution in [0.15, 0.2) is 45.8 Å². The molecule has 0 spiro atoms. The number of nitrogens with two attached hydrogens (primary N) is 1. The van der Waals surface area contributed by atoms with Gasteiger partial charge in [-0.1, -0.05) is 18.2 Å². The molecule has 0 saturated heterocycles. The highest BCUT2D eigenvalue weighted by Crippen LogP contribution is 2.46. The van der Waals surface area contributed by atoms with Crippen molar-refractivity contribution in [3.05, 3.63) is 63.6 Å². The fourth-order valence-corrected chi connectivity index (χ4v) is 4.33. The summed E-state index contributed by atoms with van der Waals surface area (Å²) in [4.78, 5) is 1.14. The Morgan fingerprint density at radius 2 is 2.00 bits per heavy atom. The molecule has 2 aromatic carbocycles. The molecular weight excluding hydrogens is 358 g/mol. The molecule has 0 fully saturated rings. The van der Waals surface area contributed by atoms with Crippen molar-refractivity contribution in [1.82, 2.24) is 5.43 Å². The third kappa shape index (κ3) is 2.61. The second-order valence-corrected chi connectivity index (χ2v) is 6.77. The first kappa shape index (κ1) is 15.0. The maximum Gasteiger partial charge on any atom is 0.145 e. The topological polar surface area (TPSA) is 38.0 Å². The first-order chi connectivity index (χ1) is 10.1. The molecule has 2 nitrogen and oxygen atoms in total. The lowest BCUT2D eigenvalue weighted by atomic mass is 9.88. The van der Waals surface area contributed by atoms with Crippen LogP contribution in [0.3, 0.4) is 0 Å². The van der Waals surface area contributed by atoms with Crippen LogP contribution in [-0.2, 0) is 0 Å². The maximum absolute atomic E-state index is 14.3. The molecule has 3 rings (SSSR count). The Morgan fingerprint density at radius 1 is 1.24 bits per heavy atom. The summed E-state index contributed by atoms with van der Waals surface area (Å²) >= 11 is 4.78. The van der Waals surface area contributed by atoms with Crippen LogP contribution < -0.4 is 11.3 Å². The third-order valence-electron chi connectivity index (χ3n) is 3.71. The van der Waals surface area contributed by atoms with Crippen LogP contribution in [-0.4, -0.2) is 5.75 Å². The number of hydrazine groups is 1. The van der Waals surface area contributed by atoms with Crippen LogP contribution in [0.1, 0.15) is 23.1 Å². The van der Waals surface area contributed by atoms with Gasteiger partial charge in [0.2, 0.25) is 0 Å². The van der Waals surface area contributed by atoms with Gasteiger partial charge in [-0.3, -0.25) is 11.3 Å². The summed E-state index contributed by atoms with van der Waals surface area (Å²) in [7, 11) is 0. The quantitative estimate of drug-likeness (QED) is 0.484. The van der Waals surface area contributed by atoms with Gasteiger partial charge in [-0.15, -0.1) is 11.8 Å². The minimum Gasteiger partial charge on any atom is -0.271 e. The lowest BCUT2D eigenvalue weighted by Crippen LogP contribution is -2.34. The molecule has 2 atom stereocenters. The highest BCUT2D eigenvalue weighted by molar-refractivity contribution is 9.10. The van der Waals surface area contributed by atoms with Gasteiger partial charge >= 0.3 is 0 Å². The van der Waals surface area contributed by atoms with Crippen molar-refractivity contribution in [2.24, 2.45) is 5.84 Å². The molecule has 110 valence electrons. The van der Waals surface area contributed by atoms with Gasteiger partial charge in [-0.2, -0.15) is 0 Å². The van der Waals surface area contributed by atoms with Crippen molar-refractivity contribution in [2.45, 2.75) is 16.9 Å². The molecule has 3 N–H and O–H groups in total. The first-order valence-electron chi connectivity index (χ1n) is 6.44. The highest BCUT2D eigenvalue weighted by atomic mass is 79.9. The molecule has 1 aliphatic rings. The summed E-state index contributed by atoms with van der Waals surface area (Å²) in [6.45, 7) is 0. The van der Waals surface area contributed by atoms with Gasteiger partial charge in [0.05, 0.1) is 10.5 Å². The highest BCUT2D eigenvalue weighted by Gasteiger charge is 2.34. The van der Waals surface area contributed by atoms with Crippen molar-refractivity contribution in [2.75, 3.05) is 5.75 Å². The summed E-state index contributed by atoms with van der Waals surface area (Å²) in [5.74, 6) is 5.09. The Labute approximate surface area is 134 Å². The Bertz CT molecular complexity index is 681. The fourth-order valence-electron chi connectivity index (χ4n) is 2.69. The van der Waals surface area contributed by atoms with E-state index in [9.17, 15) is 8.78 Å². The van der Waals surface area contributed by atoms with Crippen molar-refractivity contribution in [3.63, 3.8) is 0 Å². The molecule has 2 unspecified atom stereocenters. The van der Waals surface area contributed by atoms with Gasteiger partial charge in [0, 0.05) is 22.1 Å². The summed E-state index contributed by atoms with van der Waals surface area (Å²) in [6, 6.07) is 9.89.